The van der Waals surface area contributed by atoms with E-state index in [1.807, 2.05) is 6.92 Å². The molecule has 0 fully saturated rings. The van der Waals surface area contributed by atoms with Gasteiger partial charge in [0.1, 0.15) is 0 Å². The fourth-order valence-electron chi connectivity index (χ4n) is 1.15. The number of aryl methyl sites for hydroxylation is 1. The number of carbonyl (C=O) groups excluding carboxylic acids is 1. The van der Waals surface area contributed by atoms with Crippen LogP contribution in [0.4, 0.5) is 5.69 Å². The van der Waals surface area contributed by atoms with Gasteiger partial charge in [-0.05, 0) is 24.6 Å². The fourth-order valence-corrected chi connectivity index (χ4v) is 1.15. The van der Waals surface area contributed by atoms with Crippen molar-refractivity contribution in [2.45, 2.75) is 6.92 Å². The summed E-state index contributed by atoms with van der Waals surface area (Å²) in [5, 5.41) is 9.75. The molecule has 0 heterocycles. The summed E-state index contributed by atoms with van der Waals surface area (Å²) in [6.45, 7) is 1.85. The number of carbonyl (C=O) groups is 1. The number of benzene rings is 1. The lowest BCUT2D eigenvalue weighted by Crippen LogP contribution is -2.21. The number of hydrogen-bond acceptors (Lipinski definition) is 3. The van der Waals surface area contributed by atoms with Gasteiger partial charge in [0, 0.05) is 5.69 Å². The Bertz CT molecular complexity index is 407. The highest BCUT2D eigenvalue weighted by Gasteiger charge is 2.07. The predicted octanol–water partition coefficient (Wildman–Crippen LogP) is 1.51. The Kier molecular flexibility index (Phi) is 5.32. The number of anilines is 1. The molecular formula is C10H14ClN3O2. The van der Waals surface area contributed by atoms with Gasteiger partial charge in [-0.3, -0.25) is 5.41 Å². The van der Waals surface area contributed by atoms with Crippen molar-refractivity contribution in [3.05, 3.63) is 29.3 Å². The number of nitrogens with two attached hydrogens (primary N) is 1. The molecule has 0 saturated carbocycles. The van der Waals surface area contributed by atoms with Crippen molar-refractivity contribution in [1.82, 2.24) is 0 Å². The molecule has 1 rings (SSSR count). The van der Waals surface area contributed by atoms with Crippen LogP contribution in [-0.2, 0) is 4.74 Å². The van der Waals surface area contributed by atoms with Gasteiger partial charge in [-0.25, -0.2) is 4.79 Å². The lowest BCUT2D eigenvalue weighted by Gasteiger charge is -2.08. The first-order chi connectivity index (χ1) is 7.04. The highest BCUT2D eigenvalue weighted by Crippen LogP contribution is 2.16. The van der Waals surface area contributed by atoms with Crippen LogP contribution in [0.3, 0.4) is 0 Å². The van der Waals surface area contributed by atoms with Gasteiger partial charge < -0.3 is 15.8 Å². The summed E-state index contributed by atoms with van der Waals surface area (Å²) in [5.74, 6) is -0.582. The molecular weight excluding hydrogens is 230 g/mol. The summed E-state index contributed by atoms with van der Waals surface area (Å²) in [6, 6.07) is 5.02. The average Bonchev–Trinajstić information content (AvgIpc) is 2.19. The van der Waals surface area contributed by atoms with Gasteiger partial charge in [0.2, 0.25) is 0 Å². The molecule has 0 radical (unpaired) electrons. The number of guanidine groups is 1. The Hall–Kier alpha value is -1.75. The molecule has 1 aromatic carbocycles. The lowest BCUT2D eigenvalue weighted by atomic mass is 10.1. The molecule has 1 aromatic rings. The minimum Gasteiger partial charge on any atom is -0.465 e. The molecule has 16 heavy (non-hydrogen) atoms. The topological polar surface area (TPSA) is 88.2 Å². The molecule has 88 valence electrons. The third-order valence-corrected chi connectivity index (χ3v) is 1.93. The third kappa shape index (κ3) is 3.43. The number of esters is 1. The van der Waals surface area contributed by atoms with Gasteiger partial charge in [-0.15, -0.1) is 12.4 Å². The first-order valence-electron chi connectivity index (χ1n) is 4.34. The van der Waals surface area contributed by atoms with Crippen LogP contribution in [-0.4, -0.2) is 19.0 Å². The Balaban J connectivity index is 0.00000225. The van der Waals surface area contributed by atoms with Crippen molar-refractivity contribution >= 4 is 30.0 Å². The van der Waals surface area contributed by atoms with E-state index in [9.17, 15) is 4.79 Å². The Labute approximate surface area is 99.9 Å². The maximum atomic E-state index is 11.2. The standard InChI is InChI=1S/C10H13N3O2.ClH/c1-6-3-4-7(9(14)15-2)5-8(6)13-10(11)12;/h3-5H,1-2H3,(H4,11,12,13);1H. The van der Waals surface area contributed by atoms with E-state index in [0.717, 1.165) is 5.56 Å². The first-order valence-corrected chi connectivity index (χ1v) is 4.34. The molecule has 0 amide bonds. The molecule has 0 aliphatic carbocycles. The van der Waals surface area contributed by atoms with E-state index in [1.165, 1.54) is 7.11 Å². The molecule has 0 spiro atoms. The minimum absolute atomic E-state index is 0. The molecule has 0 aliphatic rings. The van der Waals surface area contributed by atoms with Crippen LogP contribution in [0.25, 0.3) is 0 Å². The van der Waals surface area contributed by atoms with Crippen LogP contribution in [0.2, 0.25) is 0 Å². The zero-order chi connectivity index (χ0) is 11.4. The first kappa shape index (κ1) is 14.2. The zero-order valence-electron chi connectivity index (χ0n) is 9.03. The molecule has 0 aromatic heterocycles. The van der Waals surface area contributed by atoms with Gasteiger partial charge in [0.15, 0.2) is 5.96 Å². The summed E-state index contributed by atoms with van der Waals surface area (Å²) in [5.41, 5.74) is 7.16. The largest absolute Gasteiger partial charge is 0.465 e. The van der Waals surface area contributed by atoms with Crippen LogP contribution < -0.4 is 11.1 Å². The van der Waals surface area contributed by atoms with Crippen molar-refractivity contribution in [2.24, 2.45) is 5.73 Å². The van der Waals surface area contributed by atoms with E-state index in [4.69, 9.17) is 11.1 Å². The van der Waals surface area contributed by atoms with Crippen molar-refractivity contribution in [2.75, 3.05) is 12.4 Å². The second kappa shape index (κ2) is 5.97. The minimum atomic E-state index is -0.415. The van der Waals surface area contributed by atoms with E-state index < -0.39 is 5.97 Å². The molecule has 0 aliphatic heterocycles. The van der Waals surface area contributed by atoms with E-state index in [0.29, 0.717) is 11.3 Å². The van der Waals surface area contributed by atoms with E-state index >= 15 is 0 Å². The van der Waals surface area contributed by atoms with Gasteiger partial charge in [-0.2, -0.15) is 0 Å². The lowest BCUT2D eigenvalue weighted by molar-refractivity contribution is 0.0601. The number of nitrogens with one attached hydrogen (secondary N) is 2. The molecule has 0 saturated heterocycles. The maximum absolute atomic E-state index is 11.2. The summed E-state index contributed by atoms with van der Waals surface area (Å²) >= 11 is 0. The summed E-state index contributed by atoms with van der Waals surface area (Å²) in [7, 11) is 1.32. The highest BCUT2D eigenvalue weighted by molar-refractivity contribution is 5.94. The van der Waals surface area contributed by atoms with Crippen LogP contribution in [0.1, 0.15) is 15.9 Å². The summed E-state index contributed by atoms with van der Waals surface area (Å²) < 4.78 is 4.58. The monoisotopic (exact) mass is 243 g/mol. The Morgan fingerprint density at radius 2 is 2.12 bits per heavy atom. The Morgan fingerprint density at radius 1 is 1.50 bits per heavy atom. The van der Waals surface area contributed by atoms with E-state index in [1.54, 1.807) is 18.2 Å². The van der Waals surface area contributed by atoms with Crippen LogP contribution in [0.15, 0.2) is 18.2 Å². The molecule has 0 atom stereocenters. The summed E-state index contributed by atoms with van der Waals surface area (Å²) in [4.78, 5) is 11.2. The second-order valence-corrected chi connectivity index (χ2v) is 3.06. The number of hydrogen-bond donors (Lipinski definition) is 3. The average molecular weight is 244 g/mol. The van der Waals surface area contributed by atoms with Crippen LogP contribution >= 0.6 is 12.4 Å². The second-order valence-electron chi connectivity index (χ2n) is 3.06. The smallest absolute Gasteiger partial charge is 0.337 e. The van der Waals surface area contributed by atoms with E-state index in [2.05, 4.69) is 10.1 Å². The molecule has 4 N–H and O–H groups in total. The number of methoxy groups -OCH3 is 1. The van der Waals surface area contributed by atoms with E-state index in [-0.39, 0.29) is 18.4 Å². The van der Waals surface area contributed by atoms with Crippen molar-refractivity contribution < 1.29 is 9.53 Å². The van der Waals surface area contributed by atoms with Gasteiger partial charge in [0.25, 0.3) is 0 Å². The van der Waals surface area contributed by atoms with Crippen molar-refractivity contribution in [1.29, 1.82) is 5.41 Å². The van der Waals surface area contributed by atoms with Crippen molar-refractivity contribution in [3.8, 4) is 0 Å². The quantitative estimate of drug-likeness (QED) is 0.417. The normalized spacial score (nSPS) is 8.88. The van der Waals surface area contributed by atoms with Gasteiger partial charge in [-0.1, -0.05) is 6.07 Å². The zero-order valence-corrected chi connectivity index (χ0v) is 9.85. The van der Waals surface area contributed by atoms with Gasteiger partial charge >= 0.3 is 5.97 Å². The van der Waals surface area contributed by atoms with Crippen molar-refractivity contribution in [3.63, 3.8) is 0 Å². The highest BCUT2D eigenvalue weighted by atomic mass is 35.5. The maximum Gasteiger partial charge on any atom is 0.337 e. The molecule has 0 unspecified atom stereocenters. The fraction of sp³-hybridized carbons (Fsp3) is 0.200. The molecule has 0 bridgehead atoms. The number of halogens is 1. The predicted molar refractivity (Wildman–Crippen MR) is 65.3 cm³/mol. The van der Waals surface area contributed by atoms with Crippen LogP contribution in [0.5, 0.6) is 0 Å². The van der Waals surface area contributed by atoms with Gasteiger partial charge in [0.05, 0.1) is 12.7 Å². The van der Waals surface area contributed by atoms with Crippen LogP contribution in [0, 0.1) is 12.3 Å². The third-order valence-electron chi connectivity index (χ3n) is 1.93. The summed E-state index contributed by atoms with van der Waals surface area (Å²) in [6.07, 6.45) is 0. The number of ether oxygens (including phenoxy) is 1. The SMILES string of the molecule is COC(=O)c1ccc(C)c(NC(=N)N)c1.Cl. The molecule has 5 nitrogen and oxygen atoms in total. The molecule has 6 heteroatoms. The Morgan fingerprint density at radius 3 is 2.62 bits per heavy atom. The number of rotatable bonds is 2.